The maximum Gasteiger partial charge on any atom is 0.0587 e. The monoisotopic (exact) mass is 334 g/mol. The minimum absolute atomic E-state index is 0.413. The molecule has 0 radical (unpaired) electrons. The fourth-order valence-corrected chi connectivity index (χ4v) is 2.05. The third kappa shape index (κ3) is 6.16. The van der Waals surface area contributed by atoms with Crippen LogP contribution in [0.2, 0.25) is 5.02 Å². The summed E-state index contributed by atoms with van der Waals surface area (Å²) < 4.78 is 5.92. The highest BCUT2D eigenvalue weighted by molar-refractivity contribution is 9.10. The Morgan fingerprint density at radius 2 is 2.22 bits per heavy atom. The first-order valence-electron chi connectivity index (χ1n) is 6.00. The quantitative estimate of drug-likeness (QED) is 0.717. The topological polar surface area (TPSA) is 33.3 Å². The lowest BCUT2D eigenvalue weighted by Crippen LogP contribution is -2.37. The highest BCUT2D eigenvalue weighted by atomic mass is 79.9. The van der Waals surface area contributed by atoms with Gasteiger partial charge < -0.3 is 15.4 Å². The van der Waals surface area contributed by atoms with Crippen LogP contribution in [0.3, 0.4) is 0 Å². The zero-order valence-electron chi connectivity index (χ0n) is 10.8. The summed E-state index contributed by atoms with van der Waals surface area (Å²) in [5, 5.41) is 7.52. The Kier molecular flexibility index (Phi) is 7.86. The Bertz CT molecular complexity index is 363. The third-order valence-corrected chi connectivity index (χ3v) is 3.79. The number of hydrogen-bond donors (Lipinski definition) is 2. The molecule has 0 saturated heterocycles. The molecule has 0 spiro atoms. The van der Waals surface area contributed by atoms with Crippen LogP contribution in [0, 0.1) is 0 Å². The second-order valence-corrected chi connectivity index (χ2v) is 5.49. The number of ether oxygens (including phenoxy) is 1. The maximum absolute atomic E-state index is 5.95. The molecular formula is C13H20BrClN2O. The van der Waals surface area contributed by atoms with Crippen LogP contribution in [0.25, 0.3) is 0 Å². The second-order valence-electron chi connectivity index (χ2n) is 4.23. The molecule has 18 heavy (non-hydrogen) atoms. The van der Waals surface area contributed by atoms with Gasteiger partial charge in [-0.3, -0.25) is 0 Å². The van der Waals surface area contributed by atoms with Crippen molar-refractivity contribution < 1.29 is 4.74 Å². The van der Waals surface area contributed by atoms with E-state index in [-0.39, 0.29) is 0 Å². The van der Waals surface area contributed by atoms with Crippen LogP contribution >= 0.6 is 27.5 Å². The van der Waals surface area contributed by atoms with E-state index in [1.807, 2.05) is 18.2 Å². The molecule has 0 aliphatic rings. The Balaban J connectivity index is 2.24. The molecule has 1 atom stereocenters. The summed E-state index contributed by atoms with van der Waals surface area (Å²) in [5.74, 6) is 0. The van der Waals surface area contributed by atoms with Crippen LogP contribution in [0.15, 0.2) is 22.7 Å². The van der Waals surface area contributed by atoms with Crippen molar-refractivity contribution in [3.8, 4) is 0 Å². The lowest BCUT2D eigenvalue weighted by Gasteiger charge is -2.15. The van der Waals surface area contributed by atoms with E-state index in [0.717, 1.165) is 35.7 Å². The number of benzene rings is 1. The first kappa shape index (κ1) is 15.9. The molecule has 5 heteroatoms. The van der Waals surface area contributed by atoms with Gasteiger partial charge in [-0.2, -0.15) is 0 Å². The number of rotatable bonds is 8. The normalized spacial score (nSPS) is 12.7. The summed E-state index contributed by atoms with van der Waals surface area (Å²) in [6, 6.07) is 6.40. The summed E-state index contributed by atoms with van der Waals surface area (Å²) in [7, 11) is 1.71. The van der Waals surface area contributed by atoms with Crippen LogP contribution in [0.1, 0.15) is 12.5 Å². The molecule has 0 saturated carbocycles. The number of methoxy groups -OCH3 is 1. The predicted octanol–water partition coefficient (Wildman–Crippen LogP) is 2.82. The molecule has 0 bridgehead atoms. The highest BCUT2D eigenvalue weighted by Gasteiger charge is 2.02. The van der Waals surface area contributed by atoms with E-state index >= 15 is 0 Å². The Morgan fingerprint density at radius 3 is 2.89 bits per heavy atom. The molecule has 1 unspecified atom stereocenters. The van der Waals surface area contributed by atoms with E-state index in [9.17, 15) is 0 Å². The zero-order valence-corrected chi connectivity index (χ0v) is 13.1. The Hall–Kier alpha value is -0.130. The van der Waals surface area contributed by atoms with E-state index in [4.69, 9.17) is 16.3 Å². The number of halogens is 2. The molecule has 2 N–H and O–H groups in total. The standard InChI is InChI=1S/C13H20BrClN2O/c1-10(8-16-5-6-18-2)17-9-11-3-4-13(15)12(14)7-11/h3-4,7,10,16-17H,5-6,8-9H2,1-2H3. The van der Waals surface area contributed by atoms with Gasteiger partial charge in [-0.1, -0.05) is 17.7 Å². The van der Waals surface area contributed by atoms with Crippen LogP contribution in [0.4, 0.5) is 0 Å². The molecule has 1 aromatic carbocycles. The molecule has 0 amide bonds. The van der Waals surface area contributed by atoms with Gasteiger partial charge in [-0.05, 0) is 40.5 Å². The van der Waals surface area contributed by atoms with Crippen molar-refractivity contribution in [3.05, 3.63) is 33.3 Å². The Morgan fingerprint density at radius 1 is 1.44 bits per heavy atom. The van der Waals surface area contributed by atoms with E-state index in [1.165, 1.54) is 5.56 Å². The van der Waals surface area contributed by atoms with Gasteiger partial charge in [-0.15, -0.1) is 0 Å². The van der Waals surface area contributed by atoms with Gasteiger partial charge in [-0.25, -0.2) is 0 Å². The lowest BCUT2D eigenvalue weighted by atomic mass is 10.2. The van der Waals surface area contributed by atoms with Gasteiger partial charge in [0.25, 0.3) is 0 Å². The van der Waals surface area contributed by atoms with Crippen molar-refractivity contribution in [2.75, 3.05) is 26.8 Å². The second kappa shape index (κ2) is 8.88. The van der Waals surface area contributed by atoms with Crippen molar-refractivity contribution in [1.29, 1.82) is 0 Å². The number of hydrogen-bond acceptors (Lipinski definition) is 3. The van der Waals surface area contributed by atoms with Gasteiger partial charge in [0, 0.05) is 37.3 Å². The van der Waals surface area contributed by atoms with Gasteiger partial charge in [0.2, 0.25) is 0 Å². The van der Waals surface area contributed by atoms with Gasteiger partial charge in [0.05, 0.1) is 11.6 Å². The van der Waals surface area contributed by atoms with E-state index in [0.29, 0.717) is 6.04 Å². The first-order chi connectivity index (χ1) is 8.63. The largest absolute Gasteiger partial charge is 0.383 e. The van der Waals surface area contributed by atoms with E-state index in [1.54, 1.807) is 7.11 Å². The molecule has 0 aromatic heterocycles. The molecular weight excluding hydrogens is 316 g/mol. The minimum Gasteiger partial charge on any atom is -0.383 e. The summed E-state index contributed by atoms with van der Waals surface area (Å²) in [6.07, 6.45) is 0. The molecule has 0 aliphatic heterocycles. The van der Waals surface area contributed by atoms with Gasteiger partial charge in [0.15, 0.2) is 0 Å². The third-order valence-electron chi connectivity index (χ3n) is 2.57. The summed E-state index contributed by atoms with van der Waals surface area (Å²) in [5.41, 5.74) is 1.22. The Labute approximate surface area is 122 Å². The summed E-state index contributed by atoms with van der Waals surface area (Å²) in [6.45, 7) is 5.55. The zero-order chi connectivity index (χ0) is 13.4. The highest BCUT2D eigenvalue weighted by Crippen LogP contribution is 2.23. The van der Waals surface area contributed by atoms with Crippen molar-refractivity contribution in [1.82, 2.24) is 10.6 Å². The molecule has 0 aliphatic carbocycles. The van der Waals surface area contributed by atoms with Crippen LogP contribution in [-0.2, 0) is 11.3 Å². The molecule has 0 heterocycles. The van der Waals surface area contributed by atoms with Crippen LogP contribution in [-0.4, -0.2) is 32.8 Å². The van der Waals surface area contributed by atoms with Crippen LogP contribution < -0.4 is 10.6 Å². The van der Waals surface area contributed by atoms with Crippen LogP contribution in [0.5, 0.6) is 0 Å². The van der Waals surface area contributed by atoms with Gasteiger partial charge in [0.1, 0.15) is 0 Å². The van der Waals surface area contributed by atoms with E-state index < -0.39 is 0 Å². The molecule has 0 fully saturated rings. The molecule has 3 nitrogen and oxygen atoms in total. The molecule has 1 aromatic rings. The van der Waals surface area contributed by atoms with E-state index in [2.05, 4.69) is 33.5 Å². The molecule has 1 rings (SSSR count). The number of nitrogens with one attached hydrogen (secondary N) is 2. The smallest absolute Gasteiger partial charge is 0.0587 e. The maximum atomic E-state index is 5.95. The summed E-state index contributed by atoms with van der Waals surface area (Å²) in [4.78, 5) is 0. The average Bonchev–Trinajstić information content (AvgIpc) is 2.36. The average molecular weight is 336 g/mol. The fraction of sp³-hybridized carbons (Fsp3) is 0.538. The minimum atomic E-state index is 0.413. The lowest BCUT2D eigenvalue weighted by molar-refractivity contribution is 0.198. The van der Waals surface area contributed by atoms with Crippen molar-refractivity contribution in [2.24, 2.45) is 0 Å². The first-order valence-corrected chi connectivity index (χ1v) is 7.17. The van der Waals surface area contributed by atoms with Crippen molar-refractivity contribution in [3.63, 3.8) is 0 Å². The predicted molar refractivity (Wildman–Crippen MR) is 80.2 cm³/mol. The van der Waals surface area contributed by atoms with Crippen molar-refractivity contribution in [2.45, 2.75) is 19.5 Å². The fourth-order valence-electron chi connectivity index (χ4n) is 1.51. The van der Waals surface area contributed by atoms with Gasteiger partial charge >= 0.3 is 0 Å². The summed E-state index contributed by atoms with van der Waals surface area (Å²) >= 11 is 9.38. The SMILES string of the molecule is COCCNCC(C)NCc1ccc(Cl)c(Br)c1. The molecule has 102 valence electrons. The van der Waals surface area contributed by atoms with Crippen molar-refractivity contribution >= 4 is 27.5 Å².